The number of carboxylic acid groups (broad SMARTS) is 1. The van der Waals surface area contributed by atoms with E-state index in [1.807, 2.05) is 6.07 Å². The lowest BCUT2D eigenvalue weighted by Crippen LogP contribution is -2.17. The first-order valence-corrected chi connectivity index (χ1v) is 7.30. The molecule has 1 saturated heterocycles. The van der Waals surface area contributed by atoms with Gasteiger partial charge in [0.05, 0.1) is 5.92 Å². The van der Waals surface area contributed by atoms with Crippen LogP contribution < -0.4 is 5.32 Å². The fourth-order valence-electron chi connectivity index (χ4n) is 3.22. The third kappa shape index (κ3) is 2.49. The largest absolute Gasteiger partial charge is 0.481 e. The van der Waals surface area contributed by atoms with E-state index in [2.05, 4.69) is 11.4 Å². The lowest BCUT2D eigenvalue weighted by Gasteiger charge is -2.20. The maximum Gasteiger partial charge on any atom is 0.307 e. The Labute approximate surface area is 118 Å². The number of carboxylic acids is 1. The van der Waals surface area contributed by atoms with E-state index < -0.39 is 5.97 Å². The monoisotopic (exact) mass is 279 g/mol. The van der Waals surface area contributed by atoms with Crippen molar-refractivity contribution < 1.29 is 9.90 Å². The topological polar surface area (TPSA) is 49.3 Å². The van der Waals surface area contributed by atoms with Gasteiger partial charge < -0.3 is 10.4 Å². The zero-order valence-electron chi connectivity index (χ0n) is 10.8. The fraction of sp³-hybridized carbons (Fsp3) is 0.533. The van der Waals surface area contributed by atoms with Gasteiger partial charge in [0.2, 0.25) is 0 Å². The van der Waals surface area contributed by atoms with E-state index in [1.54, 1.807) is 0 Å². The Morgan fingerprint density at radius 3 is 2.84 bits per heavy atom. The predicted molar refractivity (Wildman–Crippen MR) is 74.6 cm³/mol. The molecule has 0 saturated carbocycles. The van der Waals surface area contributed by atoms with Crippen LogP contribution in [0.2, 0.25) is 5.02 Å². The van der Waals surface area contributed by atoms with Crippen LogP contribution in [0.25, 0.3) is 0 Å². The smallest absolute Gasteiger partial charge is 0.307 e. The Morgan fingerprint density at radius 1 is 1.32 bits per heavy atom. The number of hydrogen-bond donors (Lipinski definition) is 2. The summed E-state index contributed by atoms with van der Waals surface area (Å²) in [5.74, 6) is -0.987. The van der Waals surface area contributed by atoms with Crippen molar-refractivity contribution in [1.29, 1.82) is 0 Å². The highest BCUT2D eigenvalue weighted by atomic mass is 35.5. The lowest BCUT2D eigenvalue weighted by atomic mass is 9.88. The second-order valence-corrected chi connectivity index (χ2v) is 5.99. The number of nitrogens with one attached hydrogen (secondary N) is 1. The quantitative estimate of drug-likeness (QED) is 0.875. The maximum absolute atomic E-state index is 11.0. The van der Waals surface area contributed by atoms with Gasteiger partial charge >= 0.3 is 5.97 Å². The molecular weight excluding hydrogens is 262 g/mol. The molecule has 1 aromatic carbocycles. The van der Waals surface area contributed by atoms with Gasteiger partial charge in [0, 0.05) is 17.6 Å². The third-order valence-electron chi connectivity index (χ3n) is 4.32. The Balaban J connectivity index is 1.86. The Morgan fingerprint density at radius 2 is 2.11 bits per heavy atom. The molecule has 1 fully saturated rings. The van der Waals surface area contributed by atoms with Gasteiger partial charge in [0.15, 0.2) is 0 Å². The molecule has 0 spiro atoms. The summed E-state index contributed by atoms with van der Waals surface area (Å²) in [5, 5.41) is 13.2. The molecular formula is C15H18ClNO2. The minimum Gasteiger partial charge on any atom is -0.481 e. The molecule has 1 aliphatic heterocycles. The van der Waals surface area contributed by atoms with Crippen molar-refractivity contribution in [1.82, 2.24) is 5.32 Å². The van der Waals surface area contributed by atoms with Gasteiger partial charge in [-0.15, -0.1) is 0 Å². The van der Waals surface area contributed by atoms with E-state index in [0.717, 1.165) is 23.4 Å². The van der Waals surface area contributed by atoms with Gasteiger partial charge in [0.25, 0.3) is 0 Å². The molecule has 4 heteroatoms. The number of fused-ring (bicyclic) bond motifs is 1. The number of aliphatic carboxylic acids is 1. The van der Waals surface area contributed by atoms with Crippen LogP contribution in [0.4, 0.5) is 0 Å². The molecule has 3 nitrogen and oxygen atoms in total. The van der Waals surface area contributed by atoms with E-state index in [9.17, 15) is 4.79 Å². The van der Waals surface area contributed by atoms with Crippen LogP contribution in [0, 0.1) is 5.92 Å². The van der Waals surface area contributed by atoms with E-state index in [1.165, 1.54) is 24.0 Å². The number of benzene rings is 1. The van der Waals surface area contributed by atoms with Crippen molar-refractivity contribution in [2.75, 3.05) is 6.54 Å². The summed E-state index contributed by atoms with van der Waals surface area (Å²) in [6.45, 7) is 0.550. The summed E-state index contributed by atoms with van der Waals surface area (Å²) in [5.41, 5.74) is 3.80. The molecule has 0 amide bonds. The van der Waals surface area contributed by atoms with E-state index in [4.69, 9.17) is 16.7 Å². The van der Waals surface area contributed by atoms with Crippen LogP contribution in [0.1, 0.15) is 42.0 Å². The number of halogens is 1. The Hall–Kier alpha value is -1.06. The Bertz CT molecular complexity index is 515. The SMILES string of the molecule is O=C(O)C1CNC(c2cc(Cl)c3c(c2)CCCC3)C1. The van der Waals surface area contributed by atoms with Crippen molar-refractivity contribution in [3.05, 3.63) is 33.8 Å². The zero-order valence-corrected chi connectivity index (χ0v) is 11.5. The van der Waals surface area contributed by atoms with E-state index >= 15 is 0 Å². The minimum atomic E-state index is -0.709. The van der Waals surface area contributed by atoms with Gasteiger partial charge in [-0.1, -0.05) is 17.7 Å². The minimum absolute atomic E-state index is 0.130. The molecule has 2 aliphatic rings. The summed E-state index contributed by atoms with van der Waals surface area (Å²) in [4.78, 5) is 11.0. The summed E-state index contributed by atoms with van der Waals surface area (Å²) in [6, 6.07) is 4.38. The molecule has 0 bridgehead atoms. The van der Waals surface area contributed by atoms with Crippen molar-refractivity contribution in [2.24, 2.45) is 5.92 Å². The number of aryl methyl sites for hydroxylation is 1. The highest BCUT2D eigenvalue weighted by molar-refractivity contribution is 6.31. The average molecular weight is 280 g/mol. The number of rotatable bonds is 2. The van der Waals surface area contributed by atoms with Gasteiger partial charge in [0.1, 0.15) is 0 Å². The number of carbonyl (C=O) groups is 1. The molecule has 3 rings (SSSR count). The van der Waals surface area contributed by atoms with Crippen LogP contribution in [0.5, 0.6) is 0 Å². The summed E-state index contributed by atoms with van der Waals surface area (Å²) in [7, 11) is 0. The lowest BCUT2D eigenvalue weighted by molar-refractivity contribution is -0.141. The van der Waals surface area contributed by atoms with Gasteiger partial charge in [-0.2, -0.15) is 0 Å². The second kappa shape index (κ2) is 5.14. The van der Waals surface area contributed by atoms with Crippen molar-refractivity contribution >= 4 is 17.6 Å². The molecule has 0 radical (unpaired) electrons. The van der Waals surface area contributed by atoms with Crippen LogP contribution in [0.3, 0.4) is 0 Å². The molecule has 1 heterocycles. The highest BCUT2D eigenvalue weighted by Gasteiger charge is 2.30. The highest BCUT2D eigenvalue weighted by Crippen LogP contribution is 2.34. The first-order valence-electron chi connectivity index (χ1n) is 6.92. The number of hydrogen-bond acceptors (Lipinski definition) is 2. The van der Waals surface area contributed by atoms with Crippen LogP contribution >= 0.6 is 11.6 Å². The normalized spacial score (nSPS) is 26.2. The Kier molecular flexibility index (Phi) is 3.50. The molecule has 19 heavy (non-hydrogen) atoms. The fourth-order valence-corrected chi connectivity index (χ4v) is 3.56. The van der Waals surface area contributed by atoms with Crippen LogP contribution in [-0.2, 0) is 17.6 Å². The van der Waals surface area contributed by atoms with E-state index in [-0.39, 0.29) is 12.0 Å². The first kappa shape index (κ1) is 12.9. The van der Waals surface area contributed by atoms with Crippen LogP contribution in [-0.4, -0.2) is 17.6 Å². The summed E-state index contributed by atoms with van der Waals surface area (Å²) < 4.78 is 0. The average Bonchev–Trinajstić information content (AvgIpc) is 2.88. The van der Waals surface area contributed by atoms with Gasteiger partial charge in [-0.05, 0) is 54.9 Å². The van der Waals surface area contributed by atoms with Crippen molar-refractivity contribution in [3.8, 4) is 0 Å². The third-order valence-corrected chi connectivity index (χ3v) is 4.65. The van der Waals surface area contributed by atoms with Crippen LogP contribution in [0.15, 0.2) is 12.1 Å². The standard InChI is InChI=1S/C15H18ClNO2/c16-13-6-10(5-9-3-1-2-4-12(9)13)14-7-11(8-17-14)15(18)19/h5-6,11,14,17H,1-4,7-8H2,(H,18,19). The molecule has 2 atom stereocenters. The first-order chi connectivity index (χ1) is 9.15. The molecule has 0 aromatic heterocycles. The molecule has 1 aromatic rings. The molecule has 1 aliphatic carbocycles. The molecule has 102 valence electrons. The molecule has 2 unspecified atom stereocenters. The predicted octanol–water partition coefficient (Wildman–Crippen LogP) is 2.95. The second-order valence-electron chi connectivity index (χ2n) is 5.58. The van der Waals surface area contributed by atoms with Crippen molar-refractivity contribution in [2.45, 2.75) is 38.1 Å². The van der Waals surface area contributed by atoms with Crippen molar-refractivity contribution in [3.63, 3.8) is 0 Å². The zero-order chi connectivity index (χ0) is 13.4. The summed E-state index contributed by atoms with van der Waals surface area (Å²) >= 11 is 6.38. The van der Waals surface area contributed by atoms with Gasteiger partial charge in [-0.25, -0.2) is 0 Å². The van der Waals surface area contributed by atoms with E-state index in [0.29, 0.717) is 13.0 Å². The summed E-state index contributed by atoms with van der Waals surface area (Å²) in [6.07, 6.45) is 5.27. The van der Waals surface area contributed by atoms with Gasteiger partial charge in [-0.3, -0.25) is 4.79 Å². The molecule has 2 N–H and O–H groups in total. The maximum atomic E-state index is 11.0.